The summed E-state index contributed by atoms with van der Waals surface area (Å²) in [5.41, 5.74) is 7.09. The Kier molecular flexibility index (Phi) is 2.68. The molecule has 1 aromatic carbocycles. The highest BCUT2D eigenvalue weighted by Gasteiger charge is 2.09. The number of halogens is 1. The van der Waals surface area contributed by atoms with E-state index in [1.807, 2.05) is 12.1 Å². The average molecular weight is 255 g/mol. The third-order valence-electron chi connectivity index (χ3n) is 2.62. The fourth-order valence-electron chi connectivity index (χ4n) is 1.68. The summed E-state index contributed by atoms with van der Waals surface area (Å²) in [7, 11) is 0. The minimum atomic E-state index is -0.448. The zero-order chi connectivity index (χ0) is 13.2. The summed E-state index contributed by atoms with van der Waals surface area (Å²) in [6, 6.07) is 9.99. The van der Waals surface area contributed by atoms with Gasteiger partial charge in [0.2, 0.25) is 0 Å². The molecule has 0 aliphatic heterocycles. The molecule has 0 spiro atoms. The minimum absolute atomic E-state index is 0.122. The quantitative estimate of drug-likeness (QED) is 0.711. The Hall–Kier alpha value is -2.76. The SMILES string of the molecule is Nc1ccc(-c2ncn(-c3ncccc3F)n2)cc1. The second kappa shape index (κ2) is 4.49. The van der Waals surface area contributed by atoms with E-state index in [2.05, 4.69) is 15.1 Å². The van der Waals surface area contributed by atoms with Crippen molar-refractivity contribution in [1.82, 2.24) is 19.7 Å². The van der Waals surface area contributed by atoms with Gasteiger partial charge in [-0.15, -0.1) is 5.10 Å². The van der Waals surface area contributed by atoms with E-state index in [1.54, 1.807) is 12.1 Å². The van der Waals surface area contributed by atoms with Crippen LogP contribution < -0.4 is 5.73 Å². The first-order valence-electron chi connectivity index (χ1n) is 5.62. The van der Waals surface area contributed by atoms with Gasteiger partial charge in [-0.05, 0) is 36.4 Å². The number of pyridine rings is 1. The number of aromatic nitrogens is 4. The Morgan fingerprint density at radius 2 is 1.84 bits per heavy atom. The maximum absolute atomic E-state index is 13.6. The molecule has 6 heteroatoms. The van der Waals surface area contributed by atoms with E-state index < -0.39 is 5.82 Å². The summed E-state index contributed by atoms with van der Waals surface area (Å²) >= 11 is 0. The number of hydrogen-bond donors (Lipinski definition) is 1. The highest BCUT2D eigenvalue weighted by molar-refractivity contribution is 5.58. The van der Waals surface area contributed by atoms with Gasteiger partial charge in [0.1, 0.15) is 6.33 Å². The highest BCUT2D eigenvalue weighted by Crippen LogP contribution is 2.17. The molecule has 0 saturated carbocycles. The van der Waals surface area contributed by atoms with E-state index in [0.29, 0.717) is 11.5 Å². The van der Waals surface area contributed by atoms with Crippen LogP contribution in [0.5, 0.6) is 0 Å². The third-order valence-corrected chi connectivity index (χ3v) is 2.62. The number of hydrogen-bond acceptors (Lipinski definition) is 4. The van der Waals surface area contributed by atoms with Crippen LogP contribution in [0.15, 0.2) is 48.9 Å². The van der Waals surface area contributed by atoms with Crippen LogP contribution in [0.4, 0.5) is 10.1 Å². The van der Waals surface area contributed by atoms with E-state index in [0.717, 1.165) is 5.56 Å². The molecular weight excluding hydrogens is 245 g/mol. The molecule has 5 nitrogen and oxygen atoms in total. The Labute approximate surface area is 108 Å². The zero-order valence-electron chi connectivity index (χ0n) is 9.86. The maximum Gasteiger partial charge on any atom is 0.191 e. The summed E-state index contributed by atoms with van der Waals surface area (Å²) in [4.78, 5) is 8.07. The molecule has 0 saturated heterocycles. The van der Waals surface area contributed by atoms with Crippen molar-refractivity contribution in [3.8, 4) is 17.2 Å². The molecule has 0 radical (unpaired) electrons. The molecule has 0 bridgehead atoms. The number of nitrogens with zero attached hydrogens (tertiary/aromatic N) is 4. The summed E-state index contributed by atoms with van der Waals surface area (Å²) in [6.07, 6.45) is 2.93. The van der Waals surface area contributed by atoms with E-state index in [-0.39, 0.29) is 5.82 Å². The summed E-state index contributed by atoms with van der Waals surface area (Å²) in [5, 5.41) is 4.20. The lowest BCUT2D eigenvalue weighted by Gasteiger charge is -1.99. The standard InChI is InChI=1S/C13H10FN5/c14-11-2-1-7-16-13(11)19-8-17-12(18-19)9-3-5-10(15)6-4-9/h1-8H,15H2. The zero-order valence-corrected chi connectivity index (χ0v) is 9.86. The number of rotatable bonds is 2. The van der Waals surface area contributed by atoms with Crippen molar-refractivity contribution in [1.29, 1.82) is 0 Å². The molecule has 0 unspecified atom stereocenters. The fraction of sp³-hybridized carbons (Fsp3) is 0. The molecule has 94 valence electrons. The van der Waals surface area contributed by atoms with Crippen molar-refractivity contribution < 1.29 is 4.39 Å². The number of anilines is 1. The van der Waals surface area contributed by atoms with Crippen molar-refractivity contribution in [3.63, 3.8) is 0 Å². The monoisotopic (exact) mass is 255 g/mol. The van der Waals surface area contributed by atoms with Crippen LogP contribution in [0.25, 0.3) is 17.2 Å². The van der Waals surface area contributed by atoms with E-state index in [4.69, 9.17) is 5.73 Å². The van der Waals surface area contributed by atoms with E-state index in [1.165, 1.54) is 29.3 Å². The Morgan fingerprint density at radius 3 is 2.58 bits per heavy atom. The predicted octanol–water partition coefficient (Wildman–Crippen LogP) is 2.05. The van der Waals surface area contributed by atoms with Gasteiger partial charge in [0.25, 0.3) is 0 Å². The van der Waals surface area contributed by atoms with Gasteiger partial charge in [0.05, 0.1) is 0 Å². The van der Waals surface area contributed by atoms with Gasteiger partial charge in [-0.2, -0.15) is 4.68 Å². The predicted molar refractivity (Wildman–Crippen MR) is 69.0 cm³/mol. The van der Waals surface area contributed by atoms with E-state index >= 15 is 0 Å². The first kappa shape index (κ1) is 11.3. The summed E-state index contributed by atoms with van der Waals surface area (Å²) < 4.78 is 14.9. The van der Waals surface area contributed by atoms with Crippen LogP contribution >= 0.6 is 0 Å². The van der Waals surface area contributed by atoms with Crippen LogP contribution in [0.3, 0.4) is 0 Å². The fourth-order valence-corrected chi connectivity index (χ4v) is 1.68. The lowest BCUT2D eigenvalue weighted by molar-refractivity contribution is 0.600. The van der Waals surface area contributed by atoms with Crippen molar-refractivity contribution in [2.24, 2.45) is 0 Å². The molecule has 19 heavy (non-hydrogen) atoms. The molecule has 0 amide bonds. The van der Waals surface area contributed by atoms with Gasteiger partial charge >= 0.3 is 0 Å². The van der Waals surface area contributed by atoms with Crippen molar-refractivity contribution >= 4 is 5.69 Å². The molecule has 0 fully saturated rings. The van der Waals surface area contributed by atoms with Crippen molar-refractivity contribution in [2.45, 2.75) is 0 Å². The van der Waals surface area contributed by atoms with Crippen LogP contribution in [0, 0.1) is 5.82 Å². The molecule has 0 aliphatic rings. The van der Waals surface area contributed by atoms with Gasteiger partial charge in [-0.25, -0.2) is 14.4 Å². The summed E-state index contributed by atoms with van der Waals surface area (Å²) in [6.45, 7) is 0. The first-order chi connectivity index (χ1) is 9.24. The Morgan fingerprint density at radius 1 is 1.05 bits per heavy atom. The normalized spacial score (nSPS) is 10.6. The Bertz CT molecular complexity index is 705. The van der Waals surface area contributed by atoms with Crippen LogP contribution in [-0.2, 0) is 0 Å². The van der Waals surface area contributed by atoms with Gasteiger partial charge in [0, 0.05) is 17.4 Å². The number of nitrogen functional groups attached to an aromatic ring is 1. The van der Waals surface area contributed by atoms with Crippen molar-refractivity contribution in [3.05, 3.63) is 54.7 Å². The molecule has 2 aromatic heterocycles. The van der Waals surface area contributed by atoms with E-state index in [9.17, 15) is 4.39 Å². The molecule has 0 atom stereocenters. The minimum Gasteiger partial charge on any atom is -0.399 e. The topological polar surface area (TPSA) is 69.6 Å². The first-order valence-corrected chi connectivity index (χ1v) is 5.62. The average Bonchev–Trinajstić information content (AvgIpc) is 2.89. The second-order valence-corrected chi connectivity index (χ2v) is 3.94. The largest absolute Gasteiger partial charge is 0.399 e. The molecule has 2 N–H and O–H groups in total. The van der Waals surface area contributed by atoms with Gasteiger partial charge in [0.15, 0.2) is 17.5 Å². The van der Waals surface area contributed by atoms with Gasteiger partial charge < -0.3 is 5.73 Å². The molecule has 3 aromatic rings. The third kappa shape index (κ3) is 2.15. The Balaban J connectivity index is 2.00. The second-order valence-electron chi connectivity index (χ2n) is 3.94. The number of nitrogens with two attached hydrogens (primary N) is 1. The lowest BCUT2D eigenvalue weighted by atomic mass is 10.2. The molecule has 2 heterocycles. The van der Waals surface area contributed by atoms with Crippen LogP contribution in [0.1, 0.15) is 0 Å². The maximum atomic E-state index is 13.6. The van der Waals surface area contributed by atoms with Gasteiger partial charge in [-0.3, -0.25) is 0 Å². The van der Waals surface area contributed by atoms with Gasteiger partial charge in [-0.1, -0.05) is 0 Å². The highest BCUT2D eigenvalue weighted by atomic mass is 19.1. The van der Waals surface area contributed by atoms with Crippen LogP contribution in [-0.4, -0.2) is 19.7 Å². The molecule has 0 aliphatic carbocycles. The smallest absolute Gasteiger partial charge is 0.191 e. The summed E-state index contributed by atoms with van der Waals surface area (Å²) in [5.74, 6) is 0.165. The number of benzene rings is 1. The van der Waals surface area contributed by atoms with Crippen molar-refractivity contribution in [2.75, 3.05) is 5.73 Å². The molecular formula is C13H10FN5. The molecule has 3 rings (SSSR count). The van der Waals surface area contributed by atoms with Crippen LogP contribution in [0.2, 0.25) is 0 Å². The lowest BCUT2D eigenvalue weighted by Crippen LogP contribution is -2.01.